The number of nitrogens with zero attached hydrogens (tertiary/aromatic N) is 2. The minimum Gasteiger partial charge on any atom is -0.324 e. The van der Waals surface area contributed by atoms with E-state index < -0.39 is 11.7 Å². The van der Waals surface area contributed by atoms with E-state index in [1.54, 1.807) is 12.1 Å². The van der Waals surface area contributed by atoms with Crippen LogP contribution in [0.5, 0.6) is 0 Å². The Morgan fingerprint density at radius 3 is 2.58 bits per heavy atom. The SMILES string of the molecule is CCc1ccc(-c2ccc(=O)n(CC(=O)Nc3cccc(F)c3)n2)cc1. The summed E-state index contributed by atoms with van der Waals surface area (Å²) in [5, 5.41) is 6.82. The highest BCUT2D eigenvalue weighted by molar-refractivity contribution is 5.90. The van der Waals surface area contributed by atoms with Crippen molar-refractivity contribution in [3.05, 3.63) is 82.4 Å². The van der Waals surface area contributed by atoms with E-state index in [0.717, 1.165) is 16.7 Å². The molecule has 0 saturated heterocycles. The average Bonchev–Trinajstić information content (AvgIpc) is 2.63. The predicted molar refractivity (Wildman–Crippen MR) is 98.3 cm³/mol. The Hall–Kier alpha value is -3.28. The van der Waals surface area contributed by atoms with E-state index in [0.29, 0.717) is 11.4 Å². The van der Waals surface area contributed by atoms with Crippen LogP contribution in [0.2, 0.25) is 0 Å². The third-order valence-electron chi connectivity index (χ3n) is 3.93. The van der Waals surface area contributed by atoms with Crippen LogP contribution >= 0.6 is 0 Å². The van der Waals surface area contributed by atoms with Gasteiger partial charge >= 0.3 is 0 Å². The van der Waals surface area contributed by atoms with Gasteiger partial charge in [-0.2, -0.15) is 5.10 Å². The van der Waals surface area contributed by atoms with Crippen LogP contribution < -0.4 is 10.9 Å². The number of halogens is 1. The molecule has 0 saturated carbocycles. The van der Waals surface area contributed by atoms with Crippen LogP contribution in [0, 0.1) is 5.82 Å². The lowest BCUT2D eigenvalue weighted by Crippen LogP contribution is -2.29. The van der Waals surface area contributed by atoms with Crippen LogP contribution in [0.1, 0.15) is 12.5 Å². The Morgan fingerprint density at radius 2 is 1.88 bits per heavy atom. The topological polar surface area (TPSA) is 64.0 Å². The number of nitrogens with one attached hydrogen (secondary N) is 1. The van der Waals surface area contributed by atoms with Gasteiger partial charge in [-0.15, -0.1) is 0 Å². The lowest BCUT2D eigenvalue weighted by Gasteiger charge is -2.09. The molecule has 6 heteroatoms. The van der Waals surface area contributed by atoms with Crippen molar-refractivity contribution in [3.8, 4) is 11.3 Å². The van der Waals surface area contributed by atoms with Crippen LogP contribution in [0.4, 0.5) is 10.1 Å². The van der Waals surface area contributed by atoms with Crippen molar-refractivity contribution < 1.29 is 9.18 Å². The van der Waals surface area contributed by atoms with E-state index in [9.17, 15) is 14.0 Å². The molecule has 1 heterocycles. The zero-order valence-corrected chi connectivity index (χ0v) is 14.3. The Kier molecular flexibility index (Phi) is 5.22. The fourth-order valence-electron chi connectivity index (χ4n) is 2.53. The standard InChI is InChI=1S/C20H18FN3O2/c1-2-14-6-8-15(9-7-14)18-10-11-20(26)24(23-18)13-19(25)22-17-5-3-4-16(21)12-17/h3-12H,2,13H2,1H3,(H,22,25). The molecule has 0 aliphatic carbocycles. The van der Waals surface area contributed by atoms with Gasteiger partial charge in [0.2, 0.25) is 5.91 Å². The van der Waals surface area contributed by atoms with Crippen molar-refractivity contribution >= 4 is 11.6 Å². The minimum atomic E-state index is -0.455. The Balaban J connectivity index is 1.79. The largest absolute Gasteiger partial charge is 0.324 e. The van der Waals surface area contributed by atoms with Gasteiger partial charge in [0.05, 0.1) is 5.69 Å². The van der Waals surface area contributed by atoms with Crippen molar-refractivity contribution in [1.82, 2.24) is 9.78 Å². The lowest BCUT2D eigenvalue weighted by molar-refractivity contribution is -0.117. The predicted octanol–water partition coefficient (Wildman–Crippen LogP) is 3.25. The van der Waals surface area contributed by atoms with Crippen molar-refractivity contribution in [3.63, 3.8) is 0 Å². The molecule has 132 valence electrons. The van der Waals surface area contributed by atoms with Gasteiger partial charge in [-0.3, -0.25) is 9.59 Å². The summed E-state index contributed by atoms with van der Waals surface area (Å²) >= 11 is 0. The molecular weight excluding hydrogens is 333 g/mol. The van der Waals surface area contributed by atoms with Crippen molar-refractivity contribution in [2.24, 2.45) is 0 Å². The molecule has 3 aromatic rings. The molecule has 5 nitrogen and oxygen atoms in total. The van der Waals surface area contributed by atoms with Crippen molar-refractivity contribution in [2.45, 2.75) is 19.9 Å². The maximum absolute atomic E-state index is 13.2. The van der Waals surface area contributed by atoms with Crippen LogP contribution in [0.25, 0.3) is 11.3 Å². The Morgan fingerprint density at radius 1 is 1.12 bits per heavy atom. The first-order chi connectivity index (χ1) is 12.5. The Labute approximate surface area is 150 Å². The number of amides is 1. The summed E-state index contributed by atoms with van der Waals surface area (Å²) in [6, 6.07) is 16.4. The summed E-state index contributed by atoms with van der Waals surface area (Å²) in [4.78, 5) is 24.1. The van der Waals surface area contributed by atoms with E-state index in [-0.39, 0.29) is 12.1 Å². The number of rotatable bonds is 5. The summed E-state index contributed by atoms with van der Waals surface area (Å²) in [5.41, 5.74) is 2.62. The number of aryl methyl sites for hydroxylation is 1. The quantitative estimate of drug-likeness (QED) is 0.767. The number of aromatic nitrogens is 2. The molecule has 0 atom stereocenters. The number of benzene rings is 2. The van der Waals surface area contributed by atoms with E-state index >= 15 is 0 Å². The molecule has 0 fully saturated rings. The van der Waals surface area contributed by atoms with Gasteiger partial charge in [0.25, 0.3) is 5.56 Å². The van der Waals surface area contributed by atoms with E-state index in [4.69, 9.17) is 0 Å². The van der Waals surface area contributed by atoms with Crippen molar-refractivity contribution in [1.29, 1.82) is 0 Å². The smallest absolute Gasteiger partial charge is 0.267 e. The first kappa shape index (κ1) is 17.5. The number of hydrogen-bond acceptors (Lipinski definition) is 3. The maximum Gasteiger partial charge on any atom is 0.267 e. The molecule has 3 rings (SSSR count). The second kappa shape index (κ2) is 7.74. The second-order valence-electron chi connectivity index (χ2n) is 5.82. The summed E-state index contributed by atoms with van der Waals surface area (Å²) in [6.45, 7) is 1.82. The van der Waals surface area contributed by atoms with Gasteiger partial charge in [0, 0.05) is 17.3 Å². The third-order valence-corrected chi connectivity index (χ3v) is 3.93. The van der Waals surface area contributed by atoms with Crippen LogP contribution in [-0.4, -0.2) is 15.7 Å². The molecule has 26 heavy (non-hydrogen) atoms. The summed E-state index contributed by atoms with van der Waals surface area (Å²) in [7, 11) is 0. The van der Waals surface area contributed by atoms with Gasteiger partial charge in [-0.1, -0.05) is 37.3 Å². The van der Waals surface area contributed by atoms with Crippen molar-refractivity contribution in [2.75, 3.05) is 5.32 Å². The molecule has 1 N–H and O–H groups in total. The van der Waals surface area contributed by atoms with Gasteiger partial charge < -0.3 is 5.32 Å². The fraction of sp³-hybridized carbons (Fsp3) is 0.150. The normalized spacial score (nSPS) is 10.5. The molecule has 0 spiro atoms. The molecule has 0 bridgehead atoms. The zero-order chi connectivity index (χ0) is 18.5. The number of carbonyl (C=O) groups excluding carboxylic acids is 1. The van der Waals surface area contributed by atoms with Gasteiger partial charge in [0.15, 0.2) is 0 Å². The molecule has 0 aliphatic heterocycles. The second-order valence-corrected chi connectivity index (χ2v) is 5.82. The Bertz CT molecular complexity index is 981. The minimum absolute atomic E-state index is 0.254. The summed E-state index contributed by atoms with van der Waals surface area (Å²) in [5.74, 6) is -0.903. The highest BCUT2D eigenvalue weighted by Gasteiger charge is 2.09. The van der Waals surface area contributed by atoms with Gasteiger partial charge in [-0.25, -0.2) is 9.07 Å². The zero-order valence-electron chi connectivity index (χ0n) is 14.3. The van der Waals surface area contributed by atoms with Crippen LogP contribution in [-0.2, 0) is 17.8 Å². The summed E-state index contributed by atoms with van der Waals surface area (Å²) < 4.78 is 14.3. The average molecular weight is 351 g/mol. The van der Waals surface area contributed by atoms with Gasteiger partial charge in [0.1, 0.15) is 12.4 Å². The lowest BCUT2D eigenvalue weighted by atomic mass is 10.1. The van der Waals surface area contributed by atoms with E-state index in [1.807, 2.05) is 24.3 Å². The molecule has 1 aromatic heterocycles. The molecule has 0 radical (unpaired) electrons. The molecule has 0 aliphatic rings. The third kappa shape index (κ3) is 4.22. The van der Waals surface area contributed by atoms with Crippen LogP contribution in [0.15, 0.2) is 65.5 Å². The molecule has 1 amide bonds. The fourth-order valence-corrected chi connectivity index (χ4v) is 2.53. The molecule has 0 unspecified atom stereocenters. The molecular formula is C20H18FN3O2. The van der Waals surface area contributed by atoms with E-state index in [1.165, 1.54) is 29.8 Å². The highest BCUT2D eigenvalue weighted by Crippen LogP contribution is 2.16. The monoisotopic (exact) mass is 351 g/mol. The van der Waals surface area contributed by atoms with E-state index in [2.05, 4.69) is 17.3 Å². The van der Waals surface area contributed by atoms with Crippen LogP contribution in [0.3, 0.4) is 0 Å². The number of carbonyl (C=O) groups is 1. The first-order valence-electron chi connectivity index (χ1n) is 8.28. The molecule has 2 aromatic carbocycles. The number of hydrogen-bond donors (Lipinski definition) is 1. The maximum atomic E-state index is 13.2. The first-order valence-corrected chi connectivity index (χ1v) is 8.28. The number of anilines is 1. The highest BCUT2D eigenvalue weighted by atomic mass is 19.1. The van der Waals surface area contributed by atoms with Gasteiger partial charge in [-0.05, 0) is 36.2 Å². The summed E-state index contributed by atoms with van der Waals surface area (Å²) in [6.07, 6.45) is 0.938.